The Bertz CT molecular complexity index is 712. The number of nitrogens with zero attached hydrogens (tertiary/aromatic N) is 1. The van der Waals surface area contributed by atoms with Gasteiger partial charge in [-0.2, -0.15) is 0 Å². The molecule has 2 N–H and O–H groups in total. The first kappa shape index (κ1) is 22.6. The van der Waals surface area contributed by atoms with Crippen LogP contribution in [0.2, 0.25) is 0 Å². The zero-order chi connectivity index (χ0) is 20.2. The van der Waals surface area contributed by atoms with Crippen LogP contribution in [0, 0.1) is 5.92 Å². The van der Waals surface area contributed by atoms with Gasteiger partial charge in [0.05, 0.1) is 0 Å². The molecule has 1 fully saturated rings. The summed E-state index contributed by atoms with van der Waals surface area (Å²) in [6, 6.07) is 9.21. The zero-order valence-electron chi connectivity index (χ0n) is 16.8. The van der Waals surface area contributed by atoms with E-state index in [4.69, 9.17) is 0 Å². The highest BCUT2D eigenvalue weighted by atomic mass is 32.2. The number of carbonyl (C=O) groups is 1. The summed E-state index contributed by atoms with van der Waals surface area (Å²) < 4.78 is 26.3. The van der Waals surface area contributed by atoms with Gasteiger partial charge in [-0.1, -0.05) is 37.3 Å². The fraction of sp³-hybridized carbons (Fsp3) is 0.571. The van der Waals surface area contributed by atoms with Crippen molar-refractivity contribution in [3.63, 3.8) is 0 Å². The van der Waals surface area contributed by atoms with Gasteiger partial charge >= 0.3 is 0 Å². The van der Waals surface area contributed by atoms with E-state index >= 15 is 0 Å². The molecule has 0 atom stereocenters. The molecule has 1 amide bonds. The third-order valence-corrected chi connectivity index (χ3v) is 6.09. The molecule has 2 rings (SSSR count). The molecule has 1 heterocycles. The summed E-state index contributed by atoms with van der Waals surface area (Å²) >= 11 is 0. The Morgan fingerprint density at radius 2 is 1.86 bits per heavy atom. The number of hydrogen-bond acceptors (Lipinski definition) is 4. The van der Waals surface area contributed by atoms with Crippen LogP contribution in [-0.2, 0) is 14.8 Å². The molecular formula is C21H33N3O3S. The van der Waals surface area contributed by atoms with E-state index in [-0.39, 0.29) is 18.9 Å². The molecule has 1 aromatic carbocycles. The van der Waals surface area contributed by atoms with Crippen molar-refractivity contribution < 1.29 is 13.2 Å². The smallest absolute Gasteiger partial charge is 0.233 e. The molecule has 0 unspecified atom stereocenters. The Labute approximate surface area is 169 Å². The minimum atomic E-state index is -3.54. The Kier molecular flexibility index (Phi) is 9.67. The van der Waals surface area contributed by atoms with E-state index in [0.717, 1.165) is 36.3 Å². The molecule has 156 valence electrons. The second-order valence-electron chi connectivity index (χ2n) is 7.48. The summed E-state index contributed by atoms with van der Waals surface area (Å²) in [5, 5.41) is 3.99. The number of amides is 1. The van der Waals surface area contributed by atoms with Gasteiger partial charge in [-0.05, 0) is 62.9 Å². The van der Waals surface area contributed by atoms with Gasteiger partial charge in [-0.3, -0.25) is 4.79 Å². The molecule has 6 nitrogen and oxygen atoms in total. The number of nitrogens with one attached hydrogen (secondary N) is 2. The number of carbonyl (C=O) groups excluding carboxylic acids is 1. The molecule has 0 aliphatic carbocycles. The minimum absolute atomic E-state index is 0.0965. The van der Waals surface area contributed by atoms with Gasteiger partial charge in [-0.25, -0.2) is 13.1 Å². The summed E-state index contributed by atoms with van der Waals surface area (Å²) in [6.45, 7) is 6.52. The quantitative estimate of drug-likeness (QED) is 0.553. The normalized spacial score (nSPS) is 16.5. The molecule has 1 aromatic rings. The summed E-state index contributed by atoms with van der Waals surface area (Å²) in [7, 11) is -3.54. The monoisotopic (exact) mass is 407 g/mol. The van der Waals surface area contributed by atoms with Crippen molar-refractivity contribution >= 4 is 22.0 Å². The Morgan fingerprint density at radius 1 is 1.14 bits per heavy atom. The first-order valence-electron chi connectivity index (χ1n) is 10.2. The molecule has 0 aromatic heterocycles. The predicted molar refractivity (Wildman–Crippen MR) is 114 cm³/mol. The molecule has 0 radical (unpaired) electrons. The van der Waals surface area contributed by atoms with Crippen molar-refractivity contribution in [2.45, 2.75) is 39.0 Å². The molecule has 1 saturated heterocycles. The molecule has 0 bridgehead atoms. The van der Waals surface area contributed by atoms with Crippen LogP contribution in [0.1, 0.15) is 44.6 Å². The average molecular weight is 408 g/mol. The van der Waals surface area contributed by atoms with Crippen LogP contribution in [0.3, 0.4) is 0 Å². The molecule has 7 heteroatoms. The second kappa shape index (κ2) is 12.0. The maximum absolute atomic E-state index is 11.9. The van der Waals surface area contributed by atoms with Gasteiger partial charge in [0.15, 0.2) is 0 Å². The topological polar surface area (TPSA) is 78.5 Å². The highest BCUT2D eigenvalue weighted by Crippen LogP contribution is 2.16. The third kappa shape index (κ3) is 9.48. The lowest BCUT2D eigenvalue weighted by molar-refractivity contribution is -0.120. The molecule has 0 spiro atoms. The lowest BCUT2D eigenvalue weighted by Gasteiger charge is -2.30. The molecule has 28 heavy (non-hydrogen) atoms. The van der Waals surface area contributed by atoms with Crippen molar-refractivity contribution in [1.82, 2.24) is 14.9 Å². The lowest BCUT2D eigenvalue weighted by Crippen LogP contribution is -2.34. The number of piperidine rings is 1. The summed E-state index contributed by atoms with van der Waals surface area (Å²) in [5.41, 5.74) is 0.810. The SMILES string of the molecule is CC1CCN(CCCCNC(=O)CCNS(=O)(=O)/C=C/c2ccccc2)CC1. The van der Waals surface area contributed by atoms with Gasteiger partial charge in [0.25, 0.3) is 0 Å². The Balaban J connectivity index is 1.53. The van der Waals surface area contributed by atoms with Crippen molar-refractivity contribution in [3.05, 3.63) is 41.3 Å². The van der Waals surface area contributed by atoms with Crippen molar-refractivity contribution in [2.24, 2.45) is 5.92 Å². The number of benzene rings is 1. The Hall–Kier alpha value is -1.70. The van der Waals surface area contributed by atoms with Gasteiger partial charge in [0, 0.05) is 24.9 Å². The van der Waals surface area contributed by atoms with E-state index in [1.54, 1.807) is 0 Å². The van der Waals surface area contributed by atoms with Gasteiger partial charge in [-0.15, -0.1) is 0 Å². The van der Waals surface area contributed by atoms with Crippen LogP contribution in [0.25, 0.3) is 6.08 Å². The average Bonchev–Trinajstić information content (AvgIpc) is 2.68. The summed E-state index contributed by atoms with van der Waals surface area (Å²) in [6.07, 6.45) is 6.27. The lowest BCUT2D eigenvalue weighted by atomic mass is 9.99. The number of likely N-dealkylation sites (tertiary alicyclic amines) is 1. The van der Waals surface area contributed by atoms with Crippen molar-refractivity contribution in [2.75, 3.05) is 32.7 Å². The fourth-order valence-corrected chi connectivity index (χ4v) is 3.97. The number of sulfonamides is 1. The van der Waals surface area contributed by atoms with Crippen LogP contribution in [-0.4, -0.2) is 51.9 Å². The standard InChI is InChI=1S/C21H33N3O3S/c1-19-10-16-24(17-11-19)15-6-5-13-22-21(25)9-14-23-28(26,27)18-12-20-7-3-2-4-8-20/h2-4,7-8,12,18-19,23H,5-6,9-11,13-17H2,1H3,(H,22,25)/b18-12+. The van der Waals surface area contributed by atoms with Gasteiger partial charge in [0.1, 0.15) is 0 Å². The van der Waals surface area contributed by atoms with Crippen LogP contribution in [0.5, 0.6) is 0 Å². The van der Waals surface area contributed by atoms with Crippen molar-refractivity contribution in [3.8, 4) is 0 Å². The van der Waals surface area contributed by atoms with E-state index in [1.807, 2.05) is 30.3 Å². The summed E-state index contributed by atoms with van der Waals surface area (Å²) in [4.78, 5) is 14.3. The maximum Gasteiger partial charge on any atom is 0.233 e. The zero-order valence-corrected chi connectivity index (χ0v) is 17.6. The minimum Gasteiger partial charge on any atom is -0.356 e. The maximum atomic E-state index is 11.9. The Morgan fingerprint density at radius 3 is 2.57 bits per heavy atom. The van der Waals surface area contributed by atoms with Crippen LogP contribution in [0.4, 0.5) is 0 Å². The van der Waals surface area contributed by atoms with Crippen LogP contribution in [0.15, 0.2) is 35.7 Å². The number of rotatable bonds is 11. The summed E-state index contributed by atoms with van der Waals surface area (Å²) in [5.74, 6) is 0.725. The molecule has 1 aliphatic rings. The molecular weight excluding hydrogens is 374 g/mol. The third-order valence-electron chi connectivity index (χ3n) is 4.99. The van der Waals surface area contributed by atoms with Crippen LogP contribution >= 0.6 is 0 Å². The van der Waals surface area contributed by atoms with Gasteiger partial charge < -0.3 is 10.2 Å². The molecule has 0 saturated carbocycles. The predicted octanol–water partition coefficient (Wildman–Crippen LogP) is 2.60. The fourth-order valence-electron chi connectivity index (χ4n) is 3.15. The largest absolute Gasteiger partial charge is 0.356 e. The first-order valence-corrected chi connectivity index (χ1v) is 11.7. The molecule has 1 aliphatic heterocycles. The van der Waals surface area contributed by atoms with E-state index in [0.29, 0.717) is 6.54 Å². The van der Waals surface area contributed by atoms with E-state index in [1.165, 1.54) is 32.0 Å². The van der Waals surface area contributed by atoms with Crippen LogP contribution < -0.4 is 10.0 Å². The highest BCUT2D eigenvalue weighted by molar-refractivity contribution is 7.92. The van der Waals surface area contributed by atoms with E-state index < -0.39 is 10.0 Å². The van der Waals surface area contributed by atoms with E-state index in [9.17, 15) is 13.2 Å². The number of unbranched alkanes of at least 4 members (excludes halogenated alkanes) is 1. The van der Waals surface area contributed by atoms with Gasteiger partial charge in [0.2, 0.25) is 15.9 Å². The van der Waals surface area contributed by atoms with Crippen molar-refractivity contribution in [1.29, 1.82) is 0 Å². The first-order chi connectivity index (χ1) is 13.4. The highest BCUT2D eigenvalue weighted by Gasteiger charge is 2.14. The number of hydrogen-bond donors (Lipinski definition) is 2. The van der Waals surface area contributed by atoms with E-state index in [2.05, 4.69) is 21.9 Å². The second-order valence-corrected chi connectivity index (χ2v) is 9.13.